The maximum Gasteiger partial charge on any atom is 0.0681 e. The van der Waals surface area contributed by atoms with Crippen molar-refractivity contribution >= 4 is 10.9 Å². The minimum Gasteiger partial charge on any atom is -0.392 e. The van der Waals surface area contributed by atoms with E-state index in [-0.39, 0.29) is 14.0 Å². The molecule has 0 aliphatic carbocycles. The maximum absolute atomic E-state index is 9.23. The summed E-state index contributed by atoms with van der Waals surface area (Å²) in [4.78, 5) is 0. The first-order valence-electron chi connectivity index (χ1n) is 8.17. The van der Waals surface area contributed by atoms with Gasteiger partial charge in [-0.25, -0.2) is 0 Å². The predicted octanol–water partition coefficient (Wildman–Crippen LogP) is 5.49. The molecule has 0 atom stereocenters. The largest absolute Gasteiger partial charge is 0.392 e. The van der Waals surface area contributed by atoms with Crippen molar-refractivity contribution in [2.75, 3.05) is 0 Å². The Hall–Kier alpha value is -2.84. The minimum atomic E-state index is 0. The smallest absolute Gasteiger partial charge is 0.0681 e. The number of rotatable bonds is 4. The molecule has 1 heterocycles. The summed E-state index contributed by atoms with van der Waals surface area (Å²) < 4.78 is 2.31. The van der Waals surface area contributed by atoms with Gasteiger partial charge in [0.25, 0.3) is 0 Å². The van der Waals surface area contributed by atoms with Gasteiger partial charge >= 0.3 is 0 Å². The van der Waals surface area contributed by atoms with E-state index in [1.54, 1.807) is 0 Å². The Labute approximate surface area is 149 Å². The molecule has 0 unspecified atom stereocenters. The van der Waals surface area contributed by atoms with Gasteiger partial charge in [-0.2, -0.15) is 0 Å². The van der Waals surface area contributed by atoms with Crippen molar-refractivity contribution in [3.05, 3.63) is 96.2 Å². The number of hydrogen-bond donors (Lipinski definition) is 1. The first kappa shape index (κ1) is 17.0. The van der Waals surface area contributed by atoms with Crippen LogP contribution < -0.4 is 0 Å². The Morgan fingerprint density at radius 3 is 2.12 bits per heavy atom. The van der Waals surface area contributed by atoms with Gasteiger partial charge in [0.15, 0.2) is 0 Å². The van der Waals surface area contributed by atoms with E-state index >= 15 is 0 Å². The highest BCUT2D eigenvalue weighted by Gasteiger charge is 2.10. The molecular formula is C23H23NO. The molecule has 0 aliphatic heterocycles. The lowest BCUT2D eigenvalue weighted by molar-refractivity contribution is 0.282. The van der Waals surface area contributed by atoms with Gasteiger partial charge < -0.3 is 9.67 Å². The van der Waals surface area contributed by atoms with E-state index in [0.717, 1.165) is 12.1 Å². The molecule has 0 spiro atoms. The fourth-order valence-electron chi connectivity index (χ4n) is 3.18. The van der Waals surface area contributed by atoms with Crippen molar-refractivity contribution in [1.82, 2.24) is 4.57 Å². The van der Waals surface area contributed by atoms with Crippen LogP contribution in [0, 0.1) is 0 Å². The summed E-state index contributed by atoms with van der Waals surface area (Å²) in [5.41, 5.74) is 5.87. The highest BCUT2D eigenvalue weighted by Crippen LogP contribution is 2.31. The van der Waals surface area contributed by atoms with Crippen LogP contribution in [0.5, 0.6) is 0 Å². The number of nitrogens with zero attached hydrogens (tertiary/aromatic N) is 1. The first-order valence-corrected chi connectivity index (χ1v) is 8.17. The van der Waals surface area contributed by atoms with Crippen LogP contribution in [0.1, 0.15) is 18.6 Å². The van der Waals surface area contributed by atoms with Crippen LogP contribution in [0.2, 0.25) is 0 Å². The lowest BCUT2D eigenvalue weighted by atomic mass is 10.0. The normalized spacial score (nSPS) is 10.6. The van der Waals surface area contributed by atoms with Crippen LogP contribution in [0.4, 0.5) is 0 Å². The summed E-state index contributed by atoms with van der Waals surface area (Å²) in [6.07, 6.45) is 2.23. The second-order valence-electron chi connectivity index (χ2n) is 6.03. The molecule has 0 bridgehead atoms. The molecule has 0 saturated carbocycles. The Morgan fingerprint density at radius 1 is 0.720 bits per heavy atom. The van der Waals surface area contributed by atoms with Crippen molar-refractivity contribution in [3.8, 4) is 11.1 Å². The van der Waals surface area contributed by atoms with Crippen LogP contribution in [0.15, 0.2) is 85.1 Å². The van der Waals surface area contributed by atoms with E-state index in [4.69, 9.17) is 0 Å². The zero-order chi connectivity index (χ0) is 16.4. The number of benzene rings is 3. The second-order valence-corrected chi connectivity index (χ2v) is 6.03. The Kier molecular flexibility index (Phi) is 5.01. The van der Waals surface area contributed by atoms with Gasteiger partial charge in [0.05, 0.1) is 6.61 Å². The zero-order valence-electron chi connectivity index (χ0n) is 13.4. The molecule has 4 aromatic rings. The standard InChI is InChI=1S/C22H19NO.CH4/c24-16-18-10-12-19(13-11-18)21-15-23(14-17-6-2-1-3-7-17)22-9-5-4-8-20(21)22;/h1-13,15,24H,14,16H2;1H4. The summed E-state index contributed by atoms with van der Waals surface area (Å²) in [7, 11) is 0. The highest BCUT2D eigenvalue weighted by atomic mass is 16.3. The van der Waals surface area contributed by atoms with Crippen LogP contribution >= 0.6 is 0 Å². The number of fused-ring (bicyclic) bond motifs is 1. The third kappa shape index (κ3) is 3.35. The summed E-state index contributed by atoms with van der Waals surface area (Å²) in [6.45, 7) is 0.937. The number of para-hydroxylation sites is 1. The van der Waals surface area contributed by atoms with Crippen LogP contribution in [-0.2, 0) is 13.2 Å². The summed E-state index contributed by atoms with van der Waals surface area (Å²) in [6, 6.07) is 27.2. The average Bonchev–Trinajstić information content (AvgIpc) is 3.01. The molecule has 0 fully saturated rings. The third-order valence-electron chi connectivity index (χ3n) is 4.43. The minimum absolute atomic E-state index is 0. The van der Waals surface area contributed by atoms with Gasteiger partial charge in [-0.3, -0.25) is 0 Å². The predicted molar refractivity (Wildman–Crippen MR) is 106 cm³/mol. The van der Waals surface area contributed by atoms with E-state index in [1.807, 2.05) is 18.2 Å². The molecule has 1 aromatic heterocycles. The molecule has 126 valence electrons. The van der Waals surface area contributed by atoms with Gasteiger partial charge in [-0.1, -0.05) is 80.2 Å². The third-order valence-corrected chi connectivity index (χ3v) is 4.43. The number of aliphatic hydroxyl groups is 1. The summed E-state index contributed by atoms with van der Waals surface area (Å²) in [5.74, 6) is 0. The van der Waals surface area contributed by atoms with Crippen LogP contribution in [0.3, 0.4) is 0 Å². The van der Waals surface area contributed by atoms with E-state index in [1.165, 1.54) is 27.6 Å². The number of aromatic nitrogens is 1. The monoisotopic (exact) mass is 329 g/mol. The molecule has 0 saturated heterocycles. The topological polar surface area (TPSA) is 25.2 Å². The molecule has 2 heteroatoms. The fourth-order valence-corrected chi connectivity index (χ4v) is 3.18. The van der Waals surface area contributed by atoms with Crippen LogP contribution in [0.25, 0.3) is 22.0 Å². The Bertz CT molecular complexity index is 952. The van der Waals surface area contributed by atoms with Crippen molar-refractivity contribution in [2.24, 2.45) is 0 Å². The molecular weight excluding hydrogens is 306 g/mol. The zero-order valence-corrected chi connectivity index (χ0v) is 13.4. The van der Waals surface area contributed by atoms with E-state index < -0.39 is 0 Å². The van der Waals surface area contributed by atoms with Crippen LogP contribution in [-0.4, -0.2) is 9.67 Å². The van der Waals surface area contributed by atoms with Crippen molar-refractivity contribution in [3.63, 3.8) is 0 Å². The Morgan fingerprint density at radius 2 is 1.40 bits per heavy atom. The maximum atomic E-state index is 9.23. The first-order chi connectivity index (χ1) is 11.8. The quantitative estimate of drug-likeness (QED) is 0.526. The number of aliphatic hydroxyl groups excluding tert-OH is 1. The van der Waals surface area contributed by atoms with E-state index in [2.05, 4.69) is 71.4 Å². The molecule has 3 aromatic carbocycles. The summed E-state index contributed by atoms with van der Waals surface area (Å²) >= 11 is 0. The fraction of sp³-hybridized carbons (Fsp3) is 0.130. The molecule has 1 N–H and O–H groups in total. The van der Waals surface area contributed by atoms with Gasteiger partial charge in [0.1, 0.15) is 0 Å². The van der Waals surface area contributed by atoms with Gasteiger partial charge in [-0.15, -0.1) is 0 Å². The summed E-state index contributed by atoms with van der Waals surface area (Å²) in [5, 5.41) is 10.5. The van der Waals surface area contributed by atoms with Crippen molar-refractivity contribution < 1.29 is 5.11 Å². The molecule has 0 aliphatic rings. The van der Waals surface area contributed by atoms with E-state index in [9.17, 15) is 5.11 Å². The van der Waals surface area contributed by atoms with Gasteiger partial charge in [-0.05, 0) is 22.8 Å². The van der Waals surface area contributed by atoms with Crippen molar-refractivity contribution in [1.29, 1.82) is 0 Å². The molecule has 0 radical (unpaired) electrons. The molecule has 2 nitrogen and oxygen atoms in total. The molecule has 4 rings (SSSR count). The lowest BCUT2D eigenvalue weighted by Gasteiger charge is -2.05. The highest BCUT2D eigenvalue weighted by molar-refractivity contribution is 5.96. The molecule has 0 amide bonds. The van der Waals surface area contributed by atoms with Gasteiger partial charge in [0.2, 0.25) is 0 Å². The van der Waals surface area contributed by atoms with Gasteiger partial charge in [0, 0.05) is 29.2 Å². The number of hydrogen-bond acceptors (Lipinski definition) is 1. The lowest BCUT2D eigenvalue weighted by Crippen LogP contribution is -1.97. The molecule has 25 heavy (non-hydrogen) atoms. The SMILES string of the molecule is C.OCc1ccc(-c2cn(Cc3ccccc3)c3ccccc23)cc1. The average molecular weight is 329 g/mol. The Balaban J connectivity index is 0.00000182. The van der Waals surface area contributed by atoms with E-state index in [0.29, 0.717) is 0 Å². The van der Waals surface area contributed by atoms with Crippen molar-refractivity contribution in [2.45, 2.75) is 20.6 Å². The second kappa shape index (κ2) is 7.37.